The standard InChI is InChI=1S/C12H11FN4O2/c1-2-8-10(18)9(13)11(19-8)6-3-4-7-12(14)15-5-16-17(6)7/h1,3-5,8-11,18H,(H2,14,15,16). The van der Waals surface area contributed by atoms with E-state index in [2.05, 4.69) is 16.0 Å². The summed E-state index contributed by atoms with van der Waals surface area (Å²) in [5.74, 6) is 2.50. The number of nitrogen functional groups attached to an aromatic ring is 1. The Kier molecular flexibility index (Phi) is 2.62. The number of aliphatic hydroxyl groups excluding tert-OH is 1. The van der Waals surface area contributed by atoms with Crippen molar-refractivity contribution < 1.29 is 14.2 Å². The fourth-order valence-electron chi connectivity index (χ4n) is 2.22. The van der Waals surface area contributed by atoms with Gasteiger partial charge in [-0.2, -0.15) is 5.10 Å². The number of alkyl halides is 1. The molecule has 98 valence electrons. The van der Waals surface area contributed by atoms with Crippen molar-refractivity contribution in [3.63, 3.8) is 0 Å². The second kappa shape index (κ2) is 4.19. The number of terminal acetylenes is 1. The molecule has 0 amide bonds. The summed E-state index contributed by atoms with van der Waals surface area (Å²) in [5.41, 5.74) is 6.68. The minimum Gasteiger partial charge on any atom is -0.386 e. The van der Waals surface area contributed by atoms with Crippen LogP contribution in [-0.2, 0) is 4.74 Å². The molecule has 1 saturated heterocycles. The van der Waals surface area contributed by atoms with Gasteiger partial charge in [0, 0.05) is 0 Å². The topological polar surface area (TPSA) is 85.7 Å². The van der Waals surface area contributed by atoms with E-state index in [1.54, 1.807) is 12.1 Å². The minimum absolute atomic E-state index is 0.281. The second-order valence-corrected chi connectivity index (χ2v) is 4.28. The van der Waals surface area contributed by atoms with Gasteiger partial charge in [-0.3, -0.25) is 0 Å². The zero-order valence-corrected chi connectivity index (χ0v) is 9.77. The lowest BCUT2D eigenvalue weighted by Crippen LogP contribution is -2.26. The van der Waals surface area contributed by atoms with Crippen LogP contribution in [0, 0.1) is 12.3 Å². The first-order valence-electron chi connectivity index (χ1n) is 5.65. The Hall–Kier alpha value is -2.17. The molecular weight excluding hydrogens is 251 g/mol. The van der Waals surface area contributed by atoms with Crippen LogP contribution in [0.15, 0.2) is 18.5 Å². The van der Waals surface area contributed by atoms with Crippen LogP contribution < -0.4 is 5.73 Å². The first-order valence-corrected chi connectivity index (χ1v) is 5.65. The molecule has 6 nitrogen and oxygen atoms in total. The van der Waals surface area contributed by atoms with E-state index in [1.165, 1.54) is 10.8 Å². The molecule has 0 radical (unpaired) electrons. The summed E-state index contributed by atoms with van der Waals surface area (Å²) in [6, 6.07) is 3.29. The van der Waals surface area contributed by atoms with E-state index in [0.717, 1.165) is 0 Å². The Morgan fingerprint density at radius 2 is 2.32 bits per heavy atom. The van der Waals surface area contributed by atoms with Gasteiger partial charge in [0.05, 0.1) is 5.69 Å². The highest BCUT2D eigenvalue weighted by Crippen LogP contribution is 2.36. The molecule has 3 N–H and O–H groups in total. The molecular formula is C12H11FN4O2. The van der Waals surface area contributed by atoms with Crippen LogP contribution in [0.5, 0.6) is 0 Å². The lowest BCUT2D eigenvalue weighted by atomic mass is 10.1. The van der Waals surface area contributed by atoms with Crippen LogP contribution in [0.2, 0.25) is 0 Å². The van der Waals surface area contributed by atoms with E-state index in [-0.39, 0.29) is 5.82 Å². The first-order chi connectivity index (χ1) is 9.13. The van der Waals surface area contributed by atoms with Crippen LogP contribution >= 0.6 is 0 Å². The predicted octanol–water partition coefficient (Wildman–Crippen LogP) is 0.0836. The Morgan fingerprint density at radius 1 is 1.53 bits per heavy atom. The highest BCUT2D eigenvalue weighted by molar-refractivity contribution is 5.65. The van der Waals surface area contributed by atoms with E-state index < -0.39 is 24.5 Å². The van der Waals surface area contributed by atoms with E-state index in [0.29, 0.717) is 11.2 Å². The number of ether oxygens (including phenoxy) is 1. The van der Waals surface area contributed by atoms with Gasteiger partial charge in [-0.05, 0) is 12.1 Å². The van der Waals surface area contributed by atoms with Crippen molar-refractivity contribution in [2.45, 2.75) is 24.5 Å². The molecule has 0 bridgehead atoms. The molecule has 1 fully saturated rings. The zero-order valence-electron chi connectivity index (χ0n) is 9.77. The number of nitrogens with zero attached hydrogens (tertiary/aromatic N) is 3. The summed E-state index contributed by atoms with van der Waals surface area (Å²) in [6.07, 6.45) is 1.54. The van der Waals surface area contributed by atoms with Crippen molar-refractivity contribution in [3.8, 4) is 12.3 Å². The Labute approximate surface area is 108 Å². The molecule has 19 heavy (non-hydrogen) atoms. The quantitative estimate of drug-likeness (QED) is 0.711. The second-order valence-electron chi connectivity index (χ2n) is 4.28. The molecule has 2 aromatic rings. The van der Waals surface area contributed by atoms with E-state index in [9.17, 15) is 9.50 Å². The van der Waals surface area contributed by atoms with Crippen LogP contribution in [0.1, 0.15) is 11.8 Å². The number of halogens is 1. The summed E-state index contributed by atoms with van der Waals surface area (Å²) in [5, 5.41) is 13.6. The summed E-state index contributed by atoms with van der Waals surface area (Å²) in [6.45, 7) is 0. The number of hydrogen-bond donors (Lipinski definition) is 2. The SMILES string of the molecule is C#CC1OC(c2ccc3c(N)ncnn23)C(F)C1O. The molecule has 1 aliphatic heterocycles. The van der Waals surface area contributed by atoms with Gasteiger partial charge in [0.15, 0.2) is 12.0 Å². The van der Waals surface area contributed by atoms with Gasteiger partial charge in [-0.25, -0.2) is 13.9 Å². The van der Waals surface area contributed by atoms with Gasteiger partial charge in [0.1, 0.15) is 30.2 Å². The molecule has 4 atom stereocenters. The zero-order chi connectivity index (χ0) is 13.6. The summed E-state index contributed by atoms with van der Waals surface area (Å²) < 4.78 is 20.8. The molecule has 0 aromatic carbocycles. The maximum atomic E-state index is 14.1. The van der Waals surface area contributed by atoms with Gasteiger partial charge in [0.2, 0.25) is 0 Å². The average Bonchev–Trinajstić information content (AvgIpc) is 2.94. The molecule has 0 saturated carbocycles. The number of rotatable bonds is 1. The van der Waals surface area contributed by atoms with E-state index >= 15 is 0 Å². The highest BCUT2D eigenvalue weighted by atomic mass is 19.1. The van der Waals surface area contributed by atoms with Crippen LogP contribution in [0.3, 0.4) is 0 Å². The van der Waals surface area contributed by atoms with Gasteiger partial charge in [-0.15, -0.1) is 6.42 Å². The highest BCUT2D eigenvalue weighted by Gasteiger charge is 2.45. The fourth-order valence-corrected chi connectivity index (χ4v) is 2.22. The number of fused-ring (bicyclic) bond motifs is 1. The third kappa shape index (κ3) is 1.65. The fraction of sp³-hybridized carbons (Fsp3) is 0.333. The Bertz CT molecular complexity index is 665. The third-order valence-electron chi connectivity index (χ3n) is 3.19. The van der Waals surface area contributed by atoms with Crippen molar-refractivity contribution in [3.05, 3.63) is 24.2 Å². The Morgan fingerprint density at radius 3 is 3.00 bits per heavy atom. The van der Waals surface area contributed by atoms with Crippen molar-refractivity contribution in [1.29, 1.82) is 0 Å². The van der Waals surface area contributed by atoms with Crippen LogP contribution in [0.4, 0.5) is 10.2 Å². The van der Waals surface area contributed by atoms with Gasteiger partial charge >= 0.3 is 0 Å². The summed E-state index contributed by atoms with van der Waals surface area (Å²) in [7, 11) is 0. The lowest BCUT2D eigenvalue weighted by Gasteiger charge is -2.12. The molecule has 7 heteroatoms. The van der Waals surface area contributed by atoms with E-state index in [4.69, 9.17) is 16.9 Å². The van der Waals surface area contributed by atoms with Crippen molar-refractivity contribution in [1.82, 2.24) is 14.6 Å². The minimum atomic E-state index is -1.62. The van der Waals surface area contributed by atoms with Gasteiger partial charge in [0.25, 0.3) is 0 Å². The third-order valence-corrected chi connectivity index (χ3v) is 3.19. The molecule has 2 aromatic heterocycles. The number of anilines is 1. The molecule has 0 spiro atoms. The lowest BCUT2D eigenvalue weighted by molar-refractivity contribution is 0.0408. The van der Waals surface area contributed by atoms with Crippen molar-refractivity contribution in [2.75, 3.05) is 5.73 Å². The van der Waals surface area contributed by atoms with E-state index in [1.807, 2.05) is 0 Å². The van der Waals surface area contributed by atoms with Crippen molar-refractivity contribution >= 4 is 11.3 Å². The number of hydrogen-bond acceptors (Lipinski definition) is 5. The largest absolute Gasteiger partial charge is 0.386 e. The van der Waals surface area contributed by atoms with Crippen LogP contribution in [-0.4, -0.2) is 38.1 Å². The first kappa shape index (κ1) is 11.9. The molecule has 3 rings (SSSR count). The Balaban J connectivity index is 2.07. The average molecular weight is 262 g/mol. The van der Waals surface area contributed by atoms with Gasteiger partial charge < -0.3 is 15.6 Å². The van der Waals surface area contributed by atoms with Gasteiger partial charge in [-0.1, -0.05) is 5.92 Å². The maximum Gasteiger partial charge on any atom is 0.161 e. The predicted molar refractivity (Wildman–Crippen MR) is 64.7 cm³/mol. The molecule has 1 aliphatic rings. The summed E-state index contributed by atoms with van der Waals surface area (Å²) in [4.78, 5) is 3.84. The number of aromatic nitrogens is 3. The molecule has 4 unspecified atom stereocenters. The summed E-state index contributed by atoms with van der Waals surface area (Å²) >= 11 is 0. The number of aliphatic hydroxyl groups is 1. The molecule has 3 heterocycles. The van der Waals surface area contributed by atoms with Crippen molar-refractivity contribution in [2.24, 2.45) is 0 Å². The monoisotopic (exact) mass is 262 g/mol. The van der Waals surface area contributed by atoms with Crippen LogP contribution in [0.25, 0.3) is 5.52 Å². The smallest absolute Gasteiger partial charge is 0.161 e. The molecule has 0 aliphatic carbocycles. The maximum absolute atomic E-state index is 14.1. The number of nitrogens with two attached hydrogens (primary N) is 1. The normalized spacial score (nSPS) is 30.6.